The Morgan fingerprint density at radius 1 is 0.897 bits per heavy atom. The quantitative estimate of drug-likeness (QED) is 0.362. The van der Waals surface area contributed by atoms with Crippen molar-refractivity contribution in [2.75, 3.05) is 19.7 Å². The number of alkyl carbamates (subject to hydrolysis) is 1. The summed E-state index contributed by atoms with van der Waals surface area (Å²) in [5, 5.41) is 12.4. The van der Waals surface area contributed by atoms with Gasteiger partial charge in [-0.05, 0) is 48.6 Å². The standard InChI is InChI=1S/C31H34N2O6/c1-31(2,3)39-28(34)19-33(17-21-11-5-4-6-12-21)18-27(29(35)36)32-30(37)38-20-26-24-15-9-7-13-22(24)23-14-8-10-16-25(23)26/h4-16,26-27H,17-20H2,1-3H3,(H,32,37)(H,35,36)/t27-/m0/s1. The second kappa shape index (κ2) is 12.1. The Labute approximate surface area is 228 Å². The number of carbonyl (C=O) groups is 3. The predicted octanol–water partition coefficient (Wildman–Crippen LogP) is 4.82. The highest BCUT2D eigenvalue weighted by Gasteiger charge is 2.30. The minimum Gasteiger partial charge on any atom is -0.480 e. The summed E-state index contributed by atoms with van der Waals surface area (Å²) in [5.41, 5.74) is 4.54. The van der Waals surface area contributed by atoms with Crippen molar-refractivity contribution in [3.05, 3.63) is 95.6 Å². The molecule has 39 heavy (non-hydrogen) atoms. The lowest BCUT2D eigenvalue weighted by molar-refractivity contribution is -0.157. The number of nitrogens with one attached hydrogen (secondary N) is 1. The Morgan fingerprint density at radius 3 is 2.03 bits per heavy atom. The Bertz CT molecular complexity index is 1270. The molecule has 1 aliphatic rings. The Hall–Kier alpha value is -4.17. The molecule has 0 saturated heterocycles. The van der Waals surface area contributed by atoms with Gasteiger partial charge in [-0.3, -0.25) is 9.69 Å². The second-order valence-electron chi connectivity index (χ2n) is 10.6. The molecule has 0 aromatic heterocycles. The average Bonchev–Trinajstić information content (AvgIpc) is 3.20. The Kier molecular flexibility index (Phi) is 8.66. The van der Waals surface area contributed by atoms with Crippen LogP contribution in [0.15, 0.2) is 78.9 Å². The van der Waals surface area contributed by atoms with E-state index in [4.69, 9.17) is 9.47 Å². The van der Waals surface area contributed by atoms with Gasteiger partial charge in [0.1, 0.15) is 18.2 Å². The summed E-state index contributed by atoms with van der Waals surface area (Å²) in [4.78, 5) is 39.1. The van der Waals surface area contributed by atoms with E-state index in [-0.39, 0.29) is 25.6 Å². The maximum Gasteiger partial charge on any atom is 0.407 e. The number of hydrogen-bond donors (Lipinski definition) is 2. The molecule has 204 valence electrons. The van der Waals surface area contributed by atoms with Crippen molar-refractivity contribution in [1.29, 1.82) is 0 Å². The van der Waals surface area contributed by atoms with E-state index in [2.05, 4.69) is 5.32 Å². The van der Waals surface area contributed by atoms with E-state index < -0.39 is 29.7 Å². The molecule has 8 nitrogen and oxygen atoms in total. The minimum absolute atomic E-state index is 0.0673. The topological polar surface area (TPSA) is 105 Å². The second-order valence-corrected chi connectivity index (χ2v) is 10.6. The van der Waals surface area contributed by atoms with Gasteiger partial charge in [-0.25, -0.2) is 9.59 Å². The van der Waals surface area contributed by atoms with Crippen LogP contribution in [0.2, 0.25) is 0 Å². The van der Waals surface area contributed by atoms with E-state index >= 15 is 0 Å². The molecule has 1 aliphatic carbocycles. The van der Waals surface area contributed by atoms with Crippen LogP contribution in [0.3, 0.4) is 0 Å². The number of rotatable bonds is 10. The van der Waals surface area contributed by atoms with Gasteiger partial charge < -0.3 is 19.9 Å². The molecule has 0 fully saturated rings. The first-order chi connectivity index (χ1) is 18.6. The van der Waals surface area contributed by atoms with Crippen molar-refractivity contribution < 1.29 is 29.0 Å². The van der Waals surface area contributed by atoms with Crippen LogP contribution in [0.1, 0.15) is 43.4 Å². The average molecular weight is 531 g/mol. The molecule has 0 spiro atoms. The van der Waals surface area contributed by atoms with E-state index in [0.29, 0.717) is 6.54 Å². The monoisotopic (exact) mass is 530 g/mol. The number of hydrogen-bond acceptors (Lipinski definition) is 6. The molecule has 4 rings (SSSR count). The minimum atomic E-state index is -1.30. The smallest absolute Gasteiger partial charge is 0.407 e. The van der Waals surface area contributed by atoms with Crippen LogP contribution in [0.4, 0.5) is 4.79 Å². The van der Waals surface area contributed by atoms with Gasteiger partial charge in [-0.2, -0.15) is 0 Å². The molecule has 1 atom stereocenters. The maximum absolute atomic E-state index is 12.8. The molecule has 0 heterocycles. The molecular formula is C31H34N2O6. The van der Waals surface area contributed by atoms with Crippen molar-refractivity contribution in [3.8, 4) is 11.1 Å². The normalized spacial score (nSPS) is 13.3. The van der Waals surface area contributed by atoms with Gasteiger partial charge in [-0.15, -0.1) is 0 Å². The predicted molar refractivity (Wildman–Crippen MR) is 147 cm³/mol. The number of carboxylic acids is 1. The van der Waals surface area contributed by atoms with Gasteiger partial charge >= 0.3 is 18.0 Å². The van der Waals surface area contributed by atoms with Crippen molar-refractivity contribution in [3.63, 3.8) is 0 Å². The summed E-state index contributed by atoms with van der Waals surface area (Å²) < 4.78 is 11.0. The summed E-state index contributed by atoms with van der Waals surface area (Å²) >= 11 is 0. The van der Waals surface area contributed by atoms with Gasteiger partial charge in [0.25, 0.3) is 0 Å². The summed E-state index contributed by atoms with van der Waals surface area (Å²) in [7, 11) is 0. The van der Waals surface area contributed by atoms with E-state index in [1.807, 2.05) is 78.9 Å². The highest BCUT2D eigenvalue weighted by atomic mass is 16.6. The molecule has 2 N–H and O–H groups in total. The van der Waals surface area contributed by atoms with E-state index in [9.17, 15) is 19.5 Å². The van der Waals surface area contributed by atoms with Crippen LogP contribution in [0, 0.1) is 0 Å². The number of amides is 1. The van der Waals surface area contributed by atoms with Crippen LogP contribution in [-0.4, -0.2) is 59.4 Å². The van der Waals surface area contributed by atoms with Crippen molar-refractivity contribution in [2.45, 2.75) is 44.9 Å². The highest BCUT2D eigenvalue weighted by molar-refractivity contribution is 5.81. The molecule has 1 amide bonds. The Balaban J connectivity index is 1.42. The third kappa shape index (κ3) is 7.45. The van der Waals surface area contributed by atoms with Gasteiger partial charge in [0.05, 0.1) is 6.54 Å². The van der Waals surface area contributed by atoms with Crippen molar-refractivity contribution in [2.24, 2.45) is 0 Å². The lowest BCUT2D eigenvalue weighted by Gasteiger charge is -2.27. The molecule has 8 heteroatoms. The van der Waals surface area contributed by atoms with Crippen LogP contribution >= 0.6 is 0 Å². The molecule has 3 aromatic carbocycles. The van der Waals surface area contributed by atoms with Crippen molar-refractivity contribution >= 4 is 18.0 Å². The SMILES string of the molecule is CC(C)(C)OC(=O)CN(Cc1ccccc1)C[C@H](NC(=O)OCC1c2ccccc2-c2ccccc21)C(=O)O. The summed E-state index contributed by atoms with van der Waals surface area (Å²) in [5.74, 6) is -1.86. The van der Waals surface area contributed by atoms with Crippen LogP contribution in [-0.2, 0) is 25.6 Å². The van der Waals surface area contributed by atoms with Crippen LogP contribution in [0.25, 0.3) is 11.1 Å². The zero-order chi connectivity index (χ0) is 28.0. The highest BCUT2D eigenvalue weighted by Crippen LogP contribution is 2.44. The first-order valence-corrected chi connectivity index (χ1v) is 12.9. The molecule has 0 radical (unpaired) electrons. The van der Waals surface area contributed by atoms with Crippen LogP contribution in [0.5, 0.6) is 0 Å². The molecular weight excluding hydrogens is 496 g/mol. The fourth-order valence-electron chi connectivity index (χ4n) is 4.81. The zero-order valence-electron chi connectivity index (χ0n) is 22.4. The molecule has 0 unspecified atom stereocenters. The summed E-state index contributed by atoms with van der Waals surface area (Å²) in [6.45, 7) is 5.42. The number of carbonyl (C=O) groups excluding carboxylic acids is 2. The Morgan fingerprint density at radius 2 is 1.46 bits per heavy atom. The maximum atomic E-state index is 12.8. The third-order valence-electron chi connectivity index (χ3n) is 6.40. The molecule has 0 bridgehead atoms. The summed E-state index contributed by atoms with van der Waals surface area (Å²) in [6.07, 6.45) is -0.832. The van der Waals surface area contributed by atoms with Gasteiger partial charge in [-0.1, -0.05) is 78.9 Å². The largest absolute Gasteiger partial charge is 0.480 e. The van der Waals surface area contributed by atoms with Gasteiger partial charge in [0.15, 0.2) is 0 Å². The number of ether oxygens (including phenoxy) is 2. The van der Waals surface area contributed by atoms with Gasteiger partial charge in [0.2, 0.25) is 0 Å². The van der Waals surface area contributed by atoms with E-state index in [0.717, 1.165) is 27.8 Å². The summed E-state index contributed by atoms with van der Waals surface area (Å²) in [6, 6.07) is 24.0. The third-order valence-corrected chi connectivity index (χ3v) is 6.40. The fraction of sp³-hybridized carbons (Fsp3) is 0.323. The van der Waals surface area contributed by atoms with E-state index in [1.54, 1.807) is 25.7 Å². The number of aliphatic carboxylic acids is 1. The number of nitrogens with zero attached hydrogens (tertiary/aromatic N) is 1. The number of esters is 1. The van der Waals surface area contributed by atoms with E-state index in [1.165, 1.54) is 0 Å². The number of carboxylic acid groups (broad SMARTS) is 1. The lowest BCUT2D eigenvalue weighted by Crippen LogP contribution is -2.50. The molecule has 0 saturated carbocycles. The van der Waals surface area contributed by atoms with Gasteiger partial charge in [0, 0.05) is 19.0 Å². The molecule has 3 aromatic rings. The molecule has 0 aliphatic heterocycles. The number of fused-ring (bicyclic) bond motifs is 3. The number of benzene rings is 3. The fourth-order valence-corrected chi connectivity index (χ4v) is 4.81. The first kappa shape index (κ1) is 27.9. The zero-order valence-corrected chi connectivity index (χ0v) is 22.4. The first-order valence-electron chi connectivity index (χ1n) is 12.9. The van der Waals surface area contributed by atoms with Crippen molar-refractivity contribution in [1.82, 2.24) is 10.2 Å². The van der Waals surface area contributed by atoms with Crippen LogP contribution < -0.4 is 5.32 Å². The lowest BCUT2D eigenvalue weighted by atomic mass is 9.98.